The first kappa shape index (κ1) is 9.97. The molecule has 1 fully saturated rings. The summed E-state index contributed by atoms with van der Waals surface area (Å²) < 4.78 is 5.70. The Morgan fingerprint density at radius 2 is 2.31 bits per heavy atom. The second-order valence-electron chi connectivity index (χ2n) is 4.80. The summed E-state index contributed by atoms with van der Waals surface area (Å²) in [7, 11) is 2.16. The predicted molar refractivity (Wildman–Crippen MR) is 62.0 cm³/mol. The second kappa shape index (κ2) is 3.67. The van der Waals surface area contributed by atoms with E-state index in [0.717, 1.165) is 6.54 Å². The number of piperidine rings is 1. The van der Waals surface area contributed by atoms with Crippen molar-refractivity contribution in [1.82, 2.24) is 4.90 Å². The molecular formula is C13H17NO2. The van der Waals surface area contributed by atoms with Crippen LogP contribution in [0.5, 0.6) is 11.5 Å². The smallest absolute Gasteiger partial charge is 0.164 e. The number of rotatable bonds is 0. The van der Waals surface area contributed by atoms with Gasteiger partial charge in [-0.15, -0.1) is 0 Å². The Hall–Kier alpha value is -1.22. The Balaban J connectivity index is 2.02. The van der Waals surface area contributed by atoms with Crippen LogP contribution in [0.2, 0.25) is 0 Å². The molecule has 3 heteroatoms. The highest BCUT2D eigenvalue weighted by Gasteiger charge is 2.36. The van der Waals surface area contributed by atoms with Gasteiger partial charge in [0.25, 0.3) is 0 Å². The molecule has 0 aromatic heterocycles. The zero-order chi connectivity index (χ0) is 11.1. The number of benzene rings is 1. The van der Waals surface area contributed by atoms with E-state index in [0.29, 0.717) is 24.3 Å². The van der Waals surface area contributed by atoms with Gasteiger partial charge in [-0.1, -0.05) is 12.1 Å². The van der Waals surface area contributed by atoms with Gasteiger partial charge in [0.15, 0.2) is 11.5 Å². The van der Waals surface area contributed by atoms with E-state index >= 15 is 0 Å². The van der Waals surface area contributed by atoms with Gasteiger partial charge in [0, 0.05) is 11.5 Å². The first-order valence-corrected chi connectivity index (χ1v) is 5.92. The van der Waals surface area contributed by atoms with Crippen LogP contribution in [-0.2, 0) is 0 Å². The zero-order valence-corrected chi connectivity index (χ0v) is 9.52. The van der Waals surface area contributed by atoms with Crippen molar-refractivity contribution < 1.29 is 9.84 Å². The van der Waals surface area contributed by atoms with Crippen LogP contribution in [0.25, 0.3) is 0 Å². The fourth-order valence-corrected chi connectivity index (χ4v) is 2.99. The Morgan fingerprint density at radius 1 is 1.44 bits per heavy atom. The first-order valence-electron chi connectivity index (χ1n) is 5.92. The third kappa shape index (κ3) is 1.39. The standard InChI is InChI=1S/C13H17NO2/c1-14-7-3-5-9-10-4-2-6-12(15)13(10)16-8-11(9)14/h2,4,6,9,11,15H,3,5,7-8H2,1H3/t9-,11+/m1/s1. The van der Waals surface area contributed by atoms with E-state index in [2.05, 4.69) is 18.0 Å². The monoisotopic (exact) mass is 219 g/mol. The molecule has 2 heterocycles. The van der Waals surface area contributed by atoms with Crippen molar-refractivity contribution in [2.24, 2.45) is 0 Å². The Morgan fingerprint density at radius 3 is 3.19 bits per heavy atom. The van der Waals surface area contributed by atoms with Gasteiger partial charge in [-0.3, -0.25) is 4.90 Å². The lowest BCUT2D eigenvalue weighted by Gasteiger charge is -2.42. The normalized spacial score (nSPS) is 29.1. The molecule has 0 amide bonds. The highest BCUT2D eigenvalue weighted by atomic mass is 16.5. The Kier molecular flexibility index (Phi) is 2.28. The molecule has 1 N–H and O–H groups in total. The minimum atomic E-state index is 0.282. The lowest BCUT2D eigenvalue weighted by atomic mass is 9.82. The summed E-state index contributed by atoms with van der Waals surface area (Å²) in [5.41, 5.74) is 1.18. The third-order valence-corrected chi connectivity index (χ3v) is 3.88. The van der Waals surface area contributed by atoms with E-state index in [1.165, 1.54) is 18.4 Å². The lowest BCUT2D eigenvalue weighted by molar-refractivity contribution is 0.0849. The third-order valence-electron chi connectivity index (χ3n) is 3.88. The number of hydrogen-bond acceptors (Lipinski definition) is 3. The second-order valence-corrected chi connectivity index (χ2v) is 4.80. The molecule has 0 radical (unpaired) electrons. The van der Waals surface area contributed by atoms with Gasteiger partial charge >= 0.3 is 0 Å². The van der Waals surface area contributed by atoms with Gasteiger partial charge in [0.1, 0.15) is 6.61 Å². The molecule has 0 saturated carbocycles. The lowest BCUT2D eigenvalue weighted by Crippen LogP contribution is -2.47. The SMILES string of the molecule is CN1CCC[C@@H]2c3cccc(O)c3OC[C@@H]21. The molecule has 0 unspecified atom stereocenters. The fourth-order valence-electron chi connectivity index (χ4n) is 2.99. The summed E-state index contributed by atoms with van der Waals surface area (Å²) in [6.07, 6.45) is 2.43. The molecule has 2 aliphatic heterocycles. The molecule has 0 aliphatic carbocycles. The van der Waals surface area contributed by atoms with E-state index in [1.807, 2.05) is 6.07 Å². The van der Waals surface area contributed by atoms with Crippen LogP contribution >= 0.6 is 0 Å². The Labute approximate surface area is 95.6 Å². The number of likely N-dealkylation sites (tertiary alicyclic amines) is 1. The maximum Gasteiger partial charge on any atom is 0.164 e. The fraction of sp³-hybridized carbons (Fsp3) is 0.538. The van der Waals surface area contributed by atoms with Crippen LogP contribution in [0, 0.1) is 0 Å². The van der Waals surface area contributed by atoms with Gasteiger partial charge in [-0.05, 0) is 32.5 Å². The first-order chi connectivity index (χ1) is 7.77. The van der Waals surface area contributed by atoms with Crippen molar-refractivity contribution in [2.75, 3.05) is 20.2 Å². The van der Waals surface area contributed by atoms with E-state index in [4.69, 9.17) is 4.74 Å². The molecule has 0 spiro atoms. The number of ether oxygens (including phenoxy) is 1. The van der Waals surface area contributed by atoms with E-state index in [1.54, 1.807) is 6.07 Å². The van der Waals surface area contributed by atoms with Crippen molar-refractivity contribution in [2.45, 2.75) is 24.8 Å². The summed E-state index contributed by atoms with van der Waals surface area (Å²) in [5, 5.41) is 9.77. The maximum absolute atomic E-state index is 9.77. The molecule has 3 nitrogen and oxygen atoms in total. The predicted octanol–water partition coefficient (Wildman–Crippen LogP) is 1.96. The number of nitrogens with zero attached hydrogens (tertiary/aromatic N) is 1. The molecule has 3 rings (SSSR count). The highest BCUT2D eigenvalue weighted by molar-refractivity contribution is 5.49. The van der Waals surface area contributed by atoms with Crippen LogP contribution in [0.4, 0.5) is 0 Å². The minimum absolute atomic E-state index is 0.282. The molecule has 1 aromatic carbocycles. The van der Waals surface area contributed by atoms with Crippen LogP contribution < -0.4 is 4.74 Å². The van der Waals surface area contributed by atoms with Gasteiger partial charge < -0.3 is 9.84 Å². The van der Waals surface area contributed by atoms with Gasteiger partial charge in [-0.2, -0.15) is 0 Å². The molecule has 1 saturated heterocycles. The average molecular weight is 219 g/mol. The van der Waals surface area contributed by atoms with Crippen LogP contribution in [0.15, 0.2) is 18.2 Å². The van der Waals surface area contributed by atoms with Crippen LogP contribution in [0.1, 0.15) is 24.3 Å². The van der Waals surface area contributed by atoms with E-state index < -0.39 is 0 Å². The highest BCUT2D eigenvalue weighted by Crippen LogP contribution is 2.44. The van der Waals surface area contributed by atoms with E-state index in [-0.39, 0.29) is 5.75 Å². The quantitative estimate of drug-likeness (QED) is 0.724. The minimum Gasteiger partial charge on any atom is -0.504 e. The van der Waals surface area contributed by atoms with Crippen LogP contribution in [0.3, 0.4) is 0 Å². The molecular weight excluding hydrogens is 202 g/mol. The topological polar surface area (TPSA) is 32.7 Å². The van der Waals surface area contributed by atoms with Crippen LogP contribution in [-0.4, -0.2) is 36.2 Å². The van der Waals surface area contributed by atoms with Crippen molar-refractivity contribution in [3.63, 3.8) is 0 Å². The Bertz CT molecular complexity index is 405. The molecule has 16 heavy (non-hydrogen) atoms. The van der Waals surface area contributed by atoms with Crippen molar-refractivity contribution >= 4 is 0 Å². The van der Waals surface area contributed by atoms with Gasteiger partial charge in [0.2, 0.25) is 0 Å². The number of hydrogen-bond donors (Lipinski definition) is 1. The largest absolute Gasteiger partial charge is 0.504 e. The van der Waals surface area contributed by atoms with Gasteiger partial charge in [0.05, 0.1) is 6.04 Å². The molecule has 86 valence electrons. The average Bonchev–Trinajstić information content (AvgIpc) is 2.30. The number of phenolic OH excluding ortho intramolecular Hbond substituents is 1. The number of likely N-dealkylation sites (N-methyl/N-ethyl adjacent to an activating group) is 1. The molecule has 1 aromatic rings. The summed E-state index contributed by atoms with van der Waals surface area (Å²) in [6.45, 7) is 1.85. The molecule has 0 bridgehead atoms. The van der Waals surface area contributed by atoms with E-state index in [9.17, 15) is 5.11 Å². The van der Waals surface area contributed by atoms with Gasteiger partial charge in [-0.25, -0.2) is 0 Å². The summed E-state index contributed by atoms with van der Waals surface area (Å²) >= 11 is 0. The molecule has 2 aliphatic rings. The van der Waals surface area contributed by atoms with Crippen molar-refractivity contribution in [3.8, 4) is 11.5 Å². The van der Waals surface area contributed by atoms with Crippen molar-refractivity contribution in [3.05, 3.63) is 23.8 Å². The number of aromatic hydroxyl groups is 1. The number of para-hydroxylation sites is 1. The summed E-state index contributed by atoms with van der Waals surface area (Å²) in [4.78, 5) is 2.38. The van der Waals surface area contributed by atoms with Crippen molar-refractivity contribution in [1.29, 1.82) is 0 Å². The zero-order valence-electron chi connectivity index (χ0n) is 9.52. The maximum atomic E-state index is 9.77. The summed E-state index contributed by atoms with van der Waals surface area (Å²) in [6, 6.07) is 6.17. The molecule has 2 atom stereocenters. The number of fused-ring (bicyclic) bond motifs is 3. The summed E-state index contributed by atoms with van der Waals surface area (Å²) in [5.74, 6) is 1.51. The number of phenols is 1.